The molecule has 1 aromatic rings. The van der Waals surface area contributed by atoms with Gasteiger partial charge in [-0.15, -0.1) is 0 Å². The van der Waals surface area contributed by atoms with Crippen LogP contribution < -0.4 is 0 Å². The zero-order chi connectivity index (χ0) is 11.4. The monoisotopic (exact) mass is 217 g/mol. The molecule has 1 saturated carbocycles. The van der Waals surface area contributed by atoms with Crippen LogP contribution in [-0.4, -0.2) is 9.55 Å². The van der Waals surface area contributed by atoms with Crippen molar-refractivity contribution >= 4 is 0 Å². The van der Waals surface area contributed by atoms with Crippen LogP contribution in [0.4, 0.5) is 0 Å². The first-order valence-electron chi connectivity index (χ1n) is 6.21. The summed E-state index contributed by atoms with van der Waals surface area (Å²) in [5, 5.41) is 9.01. The highest BCUT2D eigenvalue weighted by atomic mass is 15.0. The molecule has 3 heteroatoms. The highest BCUT2D eigenvalue weighted by Gasteiger charge is 2.15. The lowest BCUT2D eigenvalue weighted by atomic mass is 9.86. The van der Waals surface area contributed by atoms with E-state index in [-0.39, 0.29) is 0 Å². The van der Waals surface area contributed by atoms with Crippen LogP contribution in [0.25, 0.3) is 0 Å². The van der Waals surface area contributed by atoms with Crippen molar-refractivity contribution in [2.75, 3.05) is 0 Å². The molecule has 0 spiro atoms. The molecule has 0 unspecified atom stereocenters. The maximum atomic E-state index is 9.01. The normalized spacial score (nSPS) is 17.2. The number of imidazole rings is 1. The minimum Gasteiger partial charge on any atom is -0.325 e. The van der Waals surface area contributed by atoms with Crippen molar-refractivity contribution in [1.29, 1.82) is 5.26 Å². The fourth-order valence-corrected chi connectivity index (χ4v) is 2.62. The number of hydrogen-bond donors (Lipinski definition) is 0. The van der Waals surface area contributed by atoms with Gasteiger partial charge in [0, 0.05) is 7.05 Å². The summed E-state index contributed by atoms with van der Waals surface area (Å²) in [5.74, 6) is 0.863. The number of aromatic nitrogens is 2. The topological polar surface area (TPSA) is 41.6 Å². The Hall–Kier alpha value is -1.30. The third-order valence-corrected chi connectivity index (χ3v) is 3.63. The van der Waals surface area contributed by atoms with Gasteiger partial charge < -0.3 is 4.57 Å². The summed E-state index contributed by atoms with van der Waals surface area (Å²) < 4.78 is 1.82. The van der Waals surface area contributed by atoms with Gasteiger partial charge in [-0.1, -0.05) is 32.1 Å². The Labute approximate surface area is 97.1 Å². The number of nitrogens with zero attached hydrogens (tertiary/aromatic N) is 3. The molecule has 0 radical (unpaired) electrons. The first-order valence-corrected chi connectivity index (χ1v) is 6.21. The molecule has 2 rings (SSSR count). The van der Waals surface area contributed by atoms with Crippen LogP contribution in [0.5, 0.6) is 0 Å². The predicted octanol–water partition coefficient (Wildman–Crippen LogP) is 2.80. The molecule has 16 heavy (non-hydrogen) atoms. The zero-order valence-electron chi connectivity index (χ0n) is 9.95. The van der Waals surface area contributed by atoms with E-state index in [1.165, 1.54) is 38.5 Å². The summed E-state index contributed by atoms with van der Waals surface area (Å²) in [4.78, 5) is 4.31. The Bertz CT molecular complexity index is 380. The van der Waals surface area contributed by atoms with E-state index in [2.05, 4.69) is 11.1 Å². The summed E-state index contributed by atoms with van der Waals surface area (Å²) in [5.41, 5.74) is 1.71. The quantitative estimate of drug-likeness (QED) is 0.781. The standard InChI is InChI=1S/C13H19N3/c1-16-10-15-12(13(16)9-14)8-7-11-5-3-2-4-6-11/h10-11H,2-8H2,1H3. The maximum Gasteiger partial charge on any atom is 0.142 e. The van der Waals surface area contributed by atoms with Gasteiger partial charge in [0.1, 0.15) is 11.8 Å². The van der Waals surface area contributed by atoms with Gasteiger partial charge in [-0.2, -0.15) is 5.26 Å². The second kappa shape index (κ2) is 5.16. The van der Waals surface area contributed by atoms with Crippen LogP contribution in [0.2, 0.25) is 0 Å². The van der Waals surface area contributed by atoms with Gasteiger partial charge >= 0.3 is 0 Å². The lowest BCUT2D eigenvalue weighted by molar-refractivity contribution is 0.338. The molecule has 3 nitrogen and oxygen atoms in total. The van der Waals surface area contributed by atoms with Crippen molar-refractivity contribution in [2.45, 2.75) is 44.9 Å². The Morgan fingerprint density at radius 3 is 2.88 bits per heavy atom. The van der Waals surface area contributed by atoms with Gasteiger partial charge in [0.2, 0.25) is 0 Å². The van der Waals surface area contributed by atoms with Gasteiger partial charge in [-0.3, -0.25) is 0 Å². The van der Waals surface area contributed by atoms with E-state index >= 15 is 0 Å². The molecule has 0 amide bonds. The van der Waals surface area contributed by atoms with Crippen LogP contribution >= 0.6 is 0 Å². The highest BCUT2D eigenvalue weighted by Crippen LogP contribution is 2.27. The van der Waals surface area contributed by atoms with Gasteiger partial charge in [0.15, 0.2) is 0 Å². The molecule has 0 N–H and O–H groups in total. The molecule has 0 atom stereocenters. The third-order valence-electron chi connectivity index (χ3n) is 3.63. The molecule has 1 heterocycles. The van der Waals surface area contributed by atoms with E-state index in [4.69, 9.17) is 5.26 Å². The average molecular weight is 217 g/mol. The van der Waals surface area contributed by atoms with Gasteiger partial charge in [-0.25, -0.2) is 4.98 Å². The van der Waals surface area contributed by atoms with E-state index in [1.807, 2.05) is 11.6 Å². The molecule has 1 aliphatic carbocycles. The molecule has 0 aromatic carbocycles. The van der Waals surface area contributed by atoms with Crippen molar-refractivity contribution in [3.8, 4) is 6.07 Å². The number of hydrogen-bond acceptors (Lipinski definition) is 2. The van der Waals surface area contributed by atoms with E-state index in [0.29, 0.717) is 0 Å². The third kappa shape index (κ3) is 2.44. The zero-order valence-corrected chi connectivity index (χ0v) is 9.95. The number of nitriles is 1. The second-order valence-corrected chi connectivity index (χ2v) is 4.81. The summed E-state index contributed by atoms with van der Waals surface area (Å²) in [6, 6.07) is 2.23. The van der Waals surface area contributed by atoms with Crippen LogP contribution in [0, 0.1) is 17.2 Å². The Morgan fingerprint density at radius 2 is 2.19 bits per heavy atom. The van der Waals surface area contributed by atoms with E-state index in [1.54, 1.807) is 6.33 Å². The molecule has 1 fully saturated rings. The van der Waals surface area contributed by atoms with Crippen LogP contribution in [0.1, 0.15) is 49.9 Å². The SMILES string of the molecule is Cn1cnc(CCC2CCCCC2)c1C#N. The smallest absolute Gasteiger partial charge is 0.142 e. The fourth-order valence-electron chi connectivity index (χ4n) is 2.62. The van der Waals surface area contributed by atoms with E-state index in [9.17, 15) is 0 Å². The first-order chi connectivity index (χ1) is 7.81. The Kier molecular flexibility index (Phi) is 3.61. The van der Waals surface area contributed by atoms with Crippen molar-refractivity contribution in [3.63, 3.8) is 0 Å². The number of aryl methyl sites for hydroxylation is 2. The van der Waals surface area contributed by atoms with Crippen molar-refractivity contribution < 1.29 is 0 Å². The first kappa shape index (κ1) is 11.2. The molecule has 0 bridgehead atoms. The predicted molar refractivity (Wildman–Crippen MR) is 62.8 cm³/mol. The van der Waals surface area contributed by atoms with E-state index in [0.717, 1.165) is 23.7 Å². The van der Waals surface area contributed by atoms with Crippen LogP contribution in [0.15, 0.2) is 6.33 Å². The fraction of sp³-hybridized carbons (Fsp3) is 0.692. The minimum absolute atomic E-state index is 0.732. The summed E-state index contributed by atoms with van der Waals surface area (Å²) in [7, 11) is 1.88. The van der Waals surface area contributed by atoms with Crippen LogP contribution in [0.3, 0.4) is 0 Å². The molecular formula is C13H19N3. The second-order valence-electron chi connectivity index (χ2n) is 4.81. The molecular weight excluding hydrogens is 198 g/mol. The van der Waals surface area contributed by atoms with E-state index < -0.39 is 0 Å². The highest BCUT2D eigenvalue weighted by molar-refractivity contribution is 5.26. The summed E-state index contributed by atoms with van der Waals surface area (Å²) in [6.07, 6.45) is 10.8. The Morgan fingerprint density at radius 1 is 1.44 bits per heavy atom. The lowest BCUT2D eigenvalue weighted by Crippen LogP contribution is -2.08. The lowest BCUT2D eigenvalue weighted by Gasteiger charge is -2.20. The van der Waals surface area contributed by atoms with Gasteiger partial charge in [0.05, 0.1) is 12.0 Å². The minimum atomic E-state index is 0.732. The summed E-state index contributed by atoms with van der Waals surface area (Å²) >= 11 is 0. The van der Waals surface area contributed by atoms with Crippen molar-refractivity contribution in [3.05, 3.63) is 17.7 Å². The molecule has 86 valence electrons. The summed E-state index contributed by atoms with van der Waals surface area (Å²) in [6.45, 7) is 0. The number of rotatable bonds is 3. The molecule has 0 aliphatic heterocycles. The maximum absolute atomic E-state index is 9.01. The molecule has 0 saturated heterocycles. The van der Waals surface area contributed by atoms with Gasteiger partial charge in [-0.05, 0) is 18.8 Å². The Balaban J connectivity index is 1.91. The van der Waals surface area contributed by atoms with Crippen molar-refractivity contribution in [2.24, 2.45) is 13.0 Å². The largest absolute Gasteiger partial charge is 0.325 e. The van der Waals surface area contributed by atoms with Gasteiger partial charge in [0.25, 0.3) is 0 Å². The van der Waals surface area contributed by atoms with Crippen molar-refractivity contribution in [1.82, 2.24) is 9.55 Å². The van der Waals surface area contributed by atoms with Crippen LogP contribution in [-0.2, 0) is 13.5 Å². The molecule has 1 aromatic heterocycles. The average Bonchev–Trinajstić information content (AvgIpc) is 2.68. The molecule has 1 aliphatic rings.